The molecule has 0 atom stereocenters. The average molecular weight is 178 g/mol. The lowest BCUT2D eigenvalue weighted by molar-refractivity contribution is 1.06. The first kappa shape index (κ1) is 10.0. The van der Waals surface area contributed by atoms with Crippen LogP contribution in [0.3, 0.4) is 0 Å². The minimum atomic E-state index is 1.18. The number of nitrogens with one attached hydrogen (secondary N) is 2. The van der Waals surface area contributed by atoms with Crippen molar-refractivity contribution in [3.63, 3.8) is 0 Å². The van der Waals surface area contributed by atoms with Gasteiger partial charge in [-0.15, -0.1) is 0 Å². The van der Waals surface area contributed by atoms with Gasteiger partial charge in [-0.1, -0.05) is 23.9 Å². The molecule has 0 spiro atoms. The smallest absolute Gasteiger partial charge is 0.0374 e. The molecule has 0 radical (unpaired) electrons. The molecule has 10 heavy (non-hydrogen) atoms. The van der Waals surface area contributed by atoms with Gasteiger partial charge in [0.25, 0.3) is 0 Å². The Labute approximate surface area is 71.5 Å². The van der Waals surface area contributed by atoms with Crippen LogP contribution in [0.15, 0.2) is 11.4 Å². The van der Waals surface area contributed by atoms with Gasteiger partial charge < -0.3 is 9.44 Å². The Kier molecular flexibility index (Phi) is 5.82. The molecule has 0 aromatic rings. The predicted octanol–water partition coefficient (Wildman–Crippen LogP) is 1.97. The number of allylic oxidation sites excluding steroid dienone is 2. The highest BCUT2D eigenvalue weighted by atomic mass is 32.2. The number of rotatable bonds is 4. The molecule has 0 unspecified atom stereocenters. The molecule has 2 nitrogen and oxygen atoms in total. The van der Waals surface area contributed by atoms with Gasteiger partial charge in [0.1, 0.15) is 0 Å². The van der Waals surface area contributed by atoms with Gasteiger partial charge in [0.05, 0.1) is 0 Å². The van der Waals surface area contributed by atoms with Crippen LogP contribution < -0.4 is 9.44 Å². The van der Waals surface area contributed by atoms with Crippen LogP contribution in [0.25, 0.3) is 0 Å². The van der Waals surface area contributed by atoms with Gasteiger partial charge in [-0.05, 0) is 13.8 Å². The Morgan fingerprint density at radius 3 is 1.40 bits per heavy atom. The second-order valence-electron chi connectivity index (χ2n) is 1.86. The molecule has 0 aliphatic rings. The summed E-state index contributed by atoms with van der Waals surface area (Å²) in [7, 11) is 0. The third-order valence-corrected chi connectivity index (χ3v) is 2.09. The molecule has 0 saturated heterocycles. The van der Waals surface area contributed by atoms with Crippen molar-refractivity contribution in [2.24, 2.45) is 0 Å². The van der Waals surface area contributed by atoms with Crippen molar-refractivity contribution in [1.82, 2.24) is 9.44 Å². The van der Waals surface area contributed by atoms with Gasteiger partial charge in [0.2, 0.25) is 0 Å². The summed E-state index contributed by atoms with van der Waals surface area (Å²) < 4.78 is 6.30. The maximum Gasteiger partial charge on any atom is 0.0374 e. The number of hydrogen-bond acceptors (Lipinski definition) is 4. The minimum Gasteiger partial charge on any atom is -0.332 e. The van der Waals surface area contributed by atoms with Crippen molar-refractivity contribution in [3.05, 3.63) is 11.4 Å². The van der Waals surface area contributed by atoms with Gasteiger partial charge in [-0.2, -0.15) is 0 Å². The van der Waals surface area contributed by atoms with E-state index in [1.54, 1.807) is 23.9 Å². The standard InChI is InChI=1S/C6H14N2S2/c1-5(7-9-3)6(2)8-10-4/h7-8H,1-4H3/b6-5-. The summed E-state index contributed by atoms with van der Waals surface area (Å²) >= 11 is 3.21. The summed E-state index contributed by atoms with van der Waals surface area (Å²) in [6.45, 7) is 4.10. The van der Waals surface area contributed by atoms with Crippen LogP contribution in [0.4, 0.5) is 0 Å². The fraction of sp³-hybridized carbons (Fsp3) is 0.667. The lowest BCUT2D eigenvalue weighted by Gasteiger charge is -2.07. The van der Waals surface area contributed by atoms with E-state index in [-0.39, 0.29) is 0 Å². The highest BCUT2D eigenvalue weighted by Gasteiger charge is 1.91. The summed E-state index contributed by atoms with van der Waals surface area (Å²) in [6.07, 6.45) is 4.02. The molecule has 0 rings (SSSR count). The molecule has 0 saturated carbocycles. The molecule has 0 aromatic heterocycles. The summed E-state index contributed by atoms with van der Waals surface area (Å²) in [5.74, 6) is 0. The van der Waals surface area contributed by atoms with Crippen LogP contribution in [-0.2, 0) is 0 Å². The lowest BCUT2D eigenvalue weighted by atomic mass is 10.4. The van der Waals surface area contributed by atoms with E-state index in [2.05, 4.69) is 23.3 Å². The summed E-state index contributed by atoms with van der Waals surface area (Å²) in [5, 5.41) is 0. The maximum atomic E-state index is 3.15. The highest BCUT2D eigenvalue weighted by molar-refractivity contribution is 7.97. The third-order valence-electron chi connectivity index (χ3n) is 1.07. The van der Waals surface area contributed by atoms with E-state index >= 15 is 0 Å². The zero-order chi connectivity index (χ0) is 7.98. The second kappa shape index (κ2) is 5.80. The monoisotopic (exact) mass is 178 g/mol. The van der Waals surface area contributed by atoms with Crippen LogP contribution in [0.5, 0.6) is 0 Å². The normalized spacial score (nSPS) is 12.4. The lowest BCUT2D eigenvalue weighted by Crippen LogP contribution is -2.08. The molecule has 0 fully saturated rings. The first-order valence-electron chi connectivity index (χ1n) is 2.97. The van der Waals surface area contributed by atoms with Crippen LogP contribution in [0, 0.1) is 0 Å². The van der Waals surface area contributed by atoms with Gasteiger partial charge in [0.15, 0.2) is 0 Å². The van der Waals surface area contributed by atoms with Crippen molar-refractivity contribution in [1.29, 1.82) is 0 Å². The van der Waals surface area contributed by atoms with E-state index in [1.165, 1.54) is 11.4 Å². The molecule has 0 bridgehead atoms. The first-order valence-corrected chi connectivity index (χ1v) is 5.42. The van der Waals surface area contributed by atoms with E-state index in [0.29, 0.717) is 0 Å². The minimum absolute atomic E-state index is 1.18. The molecule has 60 valence electrons. The van der Waals surface area contributed by atoms with Crippen LogP contribution in [0.2, 0.25) is 0 Å². The third kappa shape index (κ3) is 3.95. The van der Waals surface area contributed by atoms with Crippen LogP contribution >= 0.6 is 23.9 Å². The van der Waals surface area contributed by atoms with Crippen molar-refractivity contribution in [2.75, 3.05) is 12.5 Å². The van der Waals surface area contributed by atoms with Gasteiger partial charge in [-0.3, -0.25) is 0 Å². The maximum absolute atomic E-state index is 3.15. The Hall–Kier alpha value is 0.0400. The second-order valence-corrected chi connectivity index (χ2v) is 3.09. The molecule has 0 amide bonds. The van der Waals surface area contributed by atoms with E-state index < -0.39 is 0 Å². The van der Waals surface area contributed by atoms with Crippen LogP contribution in [-0.4, -0.2) is 12.5 Å². The average Bonchev–Trinajstić information content (AvgIpc) is 1.89. The molecular formula is C6H14N2S2. The first-order chi connectivity index (χ1) is 4.72. The van der Waals surface area contributed by atoms with Crippen molar-refractivity contribution in [2.45, 2.75) is 13.8 Å². The number of hydrogen-bond donors (Lipinski definition) is 2. The van der Waals surface area contributed by atoms with Gasteiger partial charge in [0, 0.05) is 23.9 Å². The Morgan fingerprint density at radius 2 is 1.20 bits per heavy atom. The fourth-order valence-electron chi connectivity index (χ4n) is 0.459. The van der Waals surface area contributed by atoms with E-state index in [0.717, 1.165) is 0 Å². The molecule has 0 heterocycles. The zero-order valence-electron chi connectivity index (χ0n) is 6.82. The molecule has 4 heteroatoms. The quantitative estimate of drug-likeness (QED) is 0.643. The van der Waals surface area contributed by atoms with E-state index in [4.69, 9.17) is 0 Å². The summed E-state index contributed by atoms with van der Waals surface area (Å²) in [5.41, 5.74) is 2.36. The molecule has 0 aromatic carbocycles. The largest absolute Gasteiger partial charge is 0.332 e. The SMILES string of the molecule is CSN/C(C)=C(/C)NSC. The summed E-state index contributed by atoms with van der Waals surface area (Å²) in [6, 6.07) is 0. The van der Waals surface area contributed by atoms with Crippen molar-refractivity contribution >= 4 is 23.9 Å². The van der Waals surface area contributed by atoms with Crippen LogP contribution in [0.1, 0.15) is 13.8 Å². The van der Waals surface area contributed by atoms with E-state index in [1.807, 2.05) is 12.5 Å². The Balaban J connectivity index is 3.79. The molecule has 0 aliphatic heterocycles. The zero-order valence-corrected chi connectivity index (χ0v) is 8.45. The molecule has 2 N–H and O–H groups in total. The molecule has 0 aliphatic carbocycles. The van der Waals surface area contributed by atoms with Crippen molar-refractivity contribution in [3.8, 4) is 0 Å². The predicted molar refractivity (Wildman–Crippen MR) is 51.7 cm³/mol. The molecular weight excluding hydrogens is 164 g/mol. The Morgan fingerprint density at radius 1 is 0.900 bits per heavy atom. The highest BCUT2D eigenvalue weighted by Crippen LogP contribution is 2.02. The van der Waals surface area contributed by atoms with E-state index in [9.17, 15) is 0 Å². The van der Waals surface area contributed by atoms with Crippen molar-refractivity contribution < 1.29 is 0 Å². The summed E-state index contributed by atoms with van der Waals surface area (Å²) in [4.78, 5) is 0. The van der Waals surface area contributed by atoms with Gasteiger partial charge in [-0.25, -0.2) is 0 Å². The Bertz CT molecular complexity index is 109. The topological polar surface area (TPSA) is 24.1 Å². The van der Waals surface area contributed by atoms with Gasteiger partial charge >= 0.3 is 0 Å². The fourth-order valence-corrected chi connectivity index (χ4v) is 1.38.